The van der Waals surface area contributed by atoms with Crippen LogP contribution in [0.25, 0.3) is 10.1 Å². The first-order valence-corrected chi connectivity index (χ1v) is 6.66. The lowest BCUT2D eigenvalue weighted by Gasteiger charge is -2.09. The third-order valence-corrected chi connectivity index (χ3v) is 4.20. The number of nitrogens with two attached hydrogens (primary N) is 1. The average molecular weight is 276 g/mol. The number of hydrogen-bond donors (Lipinski definition) is 3. The molecule has 1 aliphatic rings. The first kappa shape index (κ1) is 11.9. The number of anilines is 1. The molecule has 1 fully saturated rings. The van der Waals surface area contributed by atoms with Crippen LogP contribution < -0.4 is 16.4 Å². The van der Waals surface area contributed by atoms with Crippen LogP contribution in [0.5, 0.6) is 0 Å². The van der Waals surface area contributed by atoms with E-state index < -0.39 is 0 Å². The molecule has 0 spiro atoms. The standard InChI is InChI=1S/C12H12N4O2S/c13-10-7-1-2-14-5-8(7)19-11(10)12(18)16-6-3-9(17)15-4-6/h1-2,5-6H,3-4,13H2,(H,15,17)(H,16,18). The molecule has 0 saturated carbocycles. The quantitative estimate of drug-likeness (QED) is 0.744. The predicted octanol–water partition coefficient (Wildman–Crippen LogP) is 0.497. The van der Waals surface area contributed by atoms with Gasteiger partial charge in [0.05, 0.1) is 16.4 Å². The van der Waals surface area contributed by atoms with Crippen molar-refractivity contribution in [1.29, 1.82) is 0 Å². The maximum absolute atomic E-state index is 12.2. The van der Waals surface area contributed by atoms with Gasteiger partial charge in [-0.25, -0.2) is 0 Å². The molecule has 1 saturated heterocycles. The first-order chi connectivity index (χ1) is 9.15. The lowest BCUT2D eigenvalue weighted by atomic mass is 10.2. The fourth-order valence-corrected chi connectivity index (χ4v) is 3.09. The minimum absolute atomic E-state index is 0.0428. The van der Waals surface area contributed by atoms with Gasteiger partial charge >= 0.3 is 0 Å². The molecule has 6 nitrogen and oxygen atoms in total. The van der Waals surface area contributed by atoms with Gasteiger partial charge in [0, 0.05) is 30.7 Å². The van der Waals surface area contributed by atoms with Gasteiger partial charge in [-0.1, -0.05) is 0 Å². The van der Waals surface area contributed by atoms with Gasteiger partial charge in [-0.15, -0.1) is 11.3 Å². The summed E-state index contributed by atoms with van der Waals surface area (Å²) in [6.45, 7) is 0.469. The highest BCUT2D eigenvalue weighted by atomic mass is 32.1. The third kappa shape index (κ3) is 2.12. The molecule has 0 bridgehead atoms. The zero-order valence-electron chi connectivity index (χ0n) is 9.97. The van der Waals surface area contributed by atoms with Gasteiger partial charge in [-0.3, -0.25) is 14.6 Å². The van der Waals surface area contributed by atoms with Gasteiger partial charge in [-0.05, 0) is 6.07 Å². The molecule has 2 aromatic heterocycles. The topological polar surface area (TPSA) is 97.1 Å². The Balaban J connectivity index is 1.85. The van der Waals surface area contributed by atoms with Crippen LogP contribution in [0, 0.1) is 0 Å². The zero-order valence-corrected chi connectivity index (χ0v) is 10.8. The molecular weight excluding hydrogens is 264 g/mol. The van der Waals surface area contributed by atoms with Crippen molar-refractivity contribution in [1.82, 2.24) is 15.6 Å². The molecule has 0 radical (unpaired) electrons. The molecule has 0 aromatic carbocycles. The van der Waals surface area contributed by atoms with Crippen LogP contribution in [-0.4, -0.2) is 29.4 Å². The highest BCUT2D eigenvalue weighted by Gasteiger charge is 2.25. The summed E-state index contributed by atoms with van der Waals surface area (Å²) in [6, 6.07) is 1.63. The van der Waals surface area contributed by atoms with Crippen molar-refractivity contribution >= 4 is 38.9 Å². The number of hydrogen-bond acceptors (Lipinski definition) is 5. The average Bonchev–Trinajstić information content (AvgIpc) is 2.94. The molecule has 19 heavy (non-hydrogen) atoms. The summed E-state index contributed by atoms with van der Waals surface area (Å²) in [6.07, 6.45) is 3.65. The van der Waals surface area contributed by atoms with E-state index >= 15 is 0 Å². The molecule has 1 aliphatic heterocycles. The maximum Gasteiger partial charge on any atom is 0.263 e. The van der Waals surface area contributed by atoms with E-state index in [-0.39, 0.29) is 17.9 Å². The molecule has 2 amide bonds. The zero-order chi connectivity index (χ0) is 13.4. The molecular formula is C12H12N4O2S. The summed E-state index contributed by atoms with van der Waals surface area (Å²) in [5, 5.41) is 6.33. The molecule has 98 valence electrons. The van der Waals surface area contributed by atoms with Crippen molar-refractivity contribution in [3.8, 4) is 0 Å². The second kappa shape index (κ2) is 4.51. The van der Waals surface area contributed by atoms with Gasteiger partial charge < -0.3 is 16.4 Å². The number of aromatic nitrogens is 1. The fourth-order valence-electron chi connectivity index (χ4n) is 2.10. The number of pyridine rings is 1. The Labute approximate surface area is 113 Å². The number of carbonyl (C=O) groups excluding carboxylic acids is 2. The van der Waals surface area contributed by atoms with Crippen LogP contribution in [0.3, 0.4) is 0 Å². The first-order valence-electron chi connectivity index (χ1n) is 5.84. The Bertz CT molecular complexity index is 667. The molecule has 4 N–H and O–H groups in total. The summed E-state index contributed by atoms with van der Waals surface area (Å²) < 4.78 is 0.880. The number of nitrogens with zero attached hydrogens (tertiary/aromatic N) is 1. The molecule has 1 atom stereocenters. The monoisotopic (exact) mass is 276 g/mol. The molecule has 3 heterocycles. The molecule has 2 aromatic rings. The van der Waals surface area contributed by atoms with Crippen molar-refractivity contribution in [2.45, 2.75) is 12.5 Å². The highest BCUT2D eigenvalue weighted by molar-refractivity contribution is 7.21. The number of carbonyl (C=O) groups is 2. The van der Waals surface area contributed by atoms with E-state index in [2.05, 4.69) is 15.6 Å². The number of thiophene rings is 1. The highest BCUT2D eigenvalue weighted by Crippen LogP contribution is 2.32. The van der Waals surface area contributed by atoms with Crippen LogP contribution in [0.2, 0.25) is 0 Å². The number of rotatable bonds is 2. The largest absolute Gasteiger partial charge is 0.397 e. The van der Waals surface area contributed by atoms with Gasteiger partial charge in [0.2, 0.25) is 5.91 Å². The second-order valence-corrected chi connectivity index (χ2v) is 5.45. The Morgan fingerprint density at radius 1 is 1.58 bits per heavy atom. The number of nitrogen functional groups attached to an aromatic ring is 1. The predicted molar refractivity (Wildman–Crippen MR) is 72.9 cm³/mol. The van der Waals surface area contributed by atoms with Crippen molar-refractivity contribution in [3.05, 3.63) is 23.3 Å². The van der Waals surface area contributed by atoms with Gasteiger partial charge in [0.15, 0.2) is 0 Å². The number of fused-ring (bicyclic) bond motifs is 1. The van der Waals surface area contributed by atoms with Crippen LogP contribution in [0.1, 0.15) is 16.1 Å². The summed E-state index contributed by atoms with van der Waals surface area (Å²) in [5.74, 6) is -0.279. The van der Waals surface area contributed by atoms with Crippen LogP contribution in [0.4, 0.5) is 5.69 Å². The van der Waals surface area contributed by atoms with E-state index in [0.717, 1.165) is 10.1 Å². The van der Waals surface area contributed by atoms with Gasteiger partial charge in [0.1, 0.15) is 4.88 Å². The van der Waals surface area contributed by atoms with E-state index in [1.807, 2.05) is 0 Å². The van der Waals surface area contributed by atoms with Crippen molar-refractivity contribution in [2.24, 2.45) is 0 Å². The van der Waals surface area contributed by atoms with E-state index in [1.165, 1.54) is 11.3 Å². The van der Waals surface area contributed by atoms with Crippen molar-refractivity contribution < 1.29 is 9.59 Å². The number of amides is 2. The normalized spacial score (nSPS) is 18.5. The van der Waals surface area contributed by atoms with Gasteiger partial charge in [-0.2, -0.15) is 0 Å². The molecule has 3 rings (SSSR count). The summed E-state index contributed by atoms with van der Waals surface area (Å²) in [5.41, 5.74) is 6.45. The molecule has 1 unspecified atom stereocenters. The van der Waals surface area contributed by atoms with E-state index in [1.54, 1.807) is 18.5 Å². The van der Waals surface area contributed by atoms with E-state index in [4.69, 9.17) is 5.73 Å². The molecule has 7 heteroatoms. The maximum atomic E-state index is 12.2. The van der Waals surface area contributed by atoms with Crippen LogP contribution >= 0.6 is 11.3 Å². The minimum Gasteiger partial charge on any atom is -0.397 e. The van der Waals surface area contributed by atoms with Crippen molar-refractivity contribution in [3.63, 3.8) is 0 Å². The SMILES string of the molecule is Nc1c(C(=O)NC2CNC(=O)C2)sc2cnccc12. The Hall–Kier alpha value is -2.15. The lowest BCUT2D eigenvalue weighted by molar-refractivity contribution is -0.119. The lowest BCUT2D eigenvalue weighted by Crippen LogP contribution is -2.36. The smallest absolute Gasteiger partial charge is 0.263 e. The van der Waals surface area contributed by atoms with Crippen molar-refractivity contribution in [2.75, 3.05) is 12.3 Å². The van der Waals surface area contributed by atoms with E-state index in [9.17, 15) is 9.59 Å². The van der Waals surface area contributed by atoms with E-state index in [0.29, 0.717) is 23.5 Å². The Morgan fingerprint density at radius 2 is 2.42 bits per heavy atom. The second-order valence-electron chi connectivity index (χ2n) is 4.40. The Kier molecular flexibility index (Phi) is 2.83. The molecule has 0 aliphatic carbocycles. The number of nitrogens with one attached hydrogen (secondary N) is 2. The van der Waals surface area contributed by atoms with Gasteiger partial charge in [0.25, 0.3) is 5.91 Å². The Morgan fingerprint density at radius 3 is 3.11 bits per heavy atom. The summed E-state index contributed by atoms with van der Waals surface area (Å²) >= 11 is 1.31. The summed E-state index contributed by atoms with van der Waals surface area (Å²) in [7, 11) is 0. The fraction of sp³-hybridized carbons (Fsp3) is 0.250. The van der Waals surface area contributed by atoms with Crippen LogP contribution in [0.15, 0.2) is 18.5 Å². The third-order valence-electron chi connectivity index (χ3n) is 3.05. The summed E-state index contributed by atoms with van der Waals surface area (Å²) in [4.78, 5) is 27.7. The minimum atomic E-state index is -0.236. The van der Waals surface area contributed by atoms with Crippen LogP contribution in [-0.2, 0) is 4.79 Å².